The third kappa shape index (κ3) is 2.73. The SMILES string of the molecule is C[C@]1(c2cc(N)ccc2F)N=C(NC(=O)c2ccccc2)OC2C[C@@H]21. The number of anilines is 1. The van der Waals surface area contributed by atoms with Crippen molar-refractivity contribution in [3.8, 4) is 0 Å². The number of benzene rings is 2. The highest BCUT2D eigenvalue weighted by atomic mass is 19.1. The molecule has 3 atom stereocenters. The van der Waals surface area contributed by atoms with Gasteiger partial charge in [-0.3, -0.25) is 10.1 Å². The van der Waals surface area contributed by atoms with Crippen molar-refractivity contribution >= 4 is 17.6 Å². The molecule has 0 saturated heterocycles. The van der Waals surface area contributed by atoms with Gasteiger partial charge in [0, 0.05) is 22.7 Å². The van der Waals surface area contributed by atoms with Gasteiger partial charge >= 0.3 is 0 Å². The van der Waals surface area contributed by atoms with Crippen molar-refractivity contribution in [2.45, 2.75) is 25.0 Å². The fourth-order valence-corrected chi connectivity index (χ4v) is 3.36. The van der Waals surface area contributed by atoms with Gasteiger partial charge in [-0.1, -0.05) is 18.2 Å². The van der Waals surface area contributed by atoms with Crippen LogP contribution < -0.4 is 11.1 Å². The molecule has 1 fully saturated rings. The van der Waals surface area contributed by atoms with E-state index < -0.39 is 5.54 Å². The molecular formula is C19H18FN3O2. The van der Waals surface area contributed by atoms with Gasteiger partial charge in [-0.15, -0.1) is 0 Å². The summed E-state index contributed by atoms with van der Waals surface area (Å²) in [6, 6.07) is 13.4. The number of nitrogen functional groups attached to an aromatic ring is 1. The highest BCUT2D eigenvalue weighted by Crippen LogP contribution is 2.53. The van der Waals surface area contributed by atoms with Gasteiger partial charge in [0.1, 0.15) is 11.9 Å². The lowest BCUT2D eigenvalue weighted by molar-refractivity contribution is 0.0956. The number of rotatable bonds is 2. The van der Waals surface area contributed by atoms with Crippen molar-refractivity contribution in [3.63, 3.8) is 0 Å². The molecule has 4 rings (SSSR count). The van der Waals surface area contributed by atoms with Crippen LogP contribution in [0.5, 0.6) is 0 Å². The van der Waals surface area contributed by atoms with E-state index in [1.54, 1.807) is 30.3 Å². The van der Waals surface area contributed by atoms with E-state index in [4.69, 9.17) is 10.5 Å². The molecule has 1 aliphatic carbocycles. The van der Waals surface area contributed by atoms with E-state index in [2.05, 4.69) is 10.3 Å². The average Bonchev–Trinajstić information content (AvgIpc) is 3.38. The van der Waals surface area contributed by atoms with Gasteiger partial charge in [0.25, 0.3) is 11.9 Å². The highest BCUT2D eigenvalue weighted by Gasteiger charge is 2.57. The Morgan fingerprint density at radius 3 is 2.84 bits per heavy atom. The molecule has 0 bridgehead atoms. The average molecular weight is 339 g/mol. The molecule has 5 nitrogen and oxygen atoms in total. The number of hydrogen-bond donors (Lipinski definition) is 2. The molecule has 2 aromatic rings. The Labute approximate surface area is 144 Å². The van der Waals surface area contributed by atoms with Gasteiger partial charge in [0.15, 0.2) is 0 Å². The van der Waals surface area contributed by atoms with E-state index in [1.165, 1.54) is 12.1 Å². The maximum atomic E-state index is 14.4. The number of carbonyl (C=O) groups excluding carboxylic acids is 1. The molecule has 0 aromatic heterocycles. The summed E-state index contributed by atoms with van der Waals surface area (Å²) in [6.45, 7) is 1.85. The van der Waals surface area contributed by atoms with Crippen molar-refractivity contribution in [1.82, 2.24) is 5.32 Å². The summed E-state index contributed by atoms with van der Waals surface area (Å²) in [6.07, 6.45) is 0.688. The standard InChI is InChI=1S/C19H18FN3O2/c1-19(13-9-12(21)7-8-15(13)20)14-10-16(14)25-18(23-19)22-17(24)11-5-3-2-4-6-11/h2-9,14,16H,10,21H2,1H3,(H,22,23,24)/t14-,16?,19+/m0/s1. The van der Waals surface area contributed by atoms with Crippen molar-refractivity contribution in [1.29, 1.82) is 0 Å². The summed E-state index contributed by atoms with van der Waals surface area (Å²) in [5.74, 6) is -0.600. The number of nitrogens with one attached hydrogen (secondary N) is 1. The Hall–Kier alpha value is -2.89. The summed E-state index contributed by atoms with van der Waals surface area (Å²) in [5, 5.41) is 2.69. The first-order valence-electron chi connectivity index (χ1n) is 8.16. The van der Waals surface area contributed by atoms with Crippen LogP contribution >= 0.6 is 0 Å². The van der Waals surface area contributed by atoms with Crippen LogP contribution in [0.1, 0.15) is 29.3 Å². The van der Waals surface area contributed by atoms with Gasteiger partial charge in [-0.05, 0) is 43.7 Å². The quantitative estimate of drug-likeness (QED) is 0.826. The van der Waals surface area contributed by atoms with Gasteiger partial charge in [-0.25, -0.2) is 9.38 Å². The smallest absolute Gasteiger partial charge is 0.292 e. The minimum Gasteiger partial charge on any atom is -0.461 e. The molecule has 0 spiro atoms. The summed E-state index contributed by atoms with van der Waals surface area (Å²) >= 11 is 0. The van der Waals surface area contributed by atoms with Gasteiger partial charge in [-0.2, -0.15) is 0 Å². The molecule has 3 N–H and O–H groups in total. The number of amides is 1. The molecule has 1 amide bonds. The van der Waals surface area contributed by atoms with Gasteiger partial charge < -0.3 is 10.5 Å². The Balaban J connectivity index is 1.66. The summed E-state index contributed by atoms with van der Waals surface area (Å²) < 4.78 is 20.1. The number of carbonyl (C=O) groups is 1. The number of halogens is 1. The van der Waals surface area contributed by atoms with E-state index in [-0.39, 0.29) is 29.8 Å². The van der Waals surface area contributed by atoms with E-state index in [9.17, 15) is 9.18 Å². The normalized spacial score (nSPS) is 26.9. The second kappa shape index (κ2) is 5.58. The summed E-state index contributed by atoms with van der Waals surface area (Å²) in [5.41, 5.74) is 6.42. The minimum atomic E-state index is -0.818. The van der Waals surface area contributed by atoms with Crippen molar-refractivity contribution < 1.29 is 13.9 Å². The van der Waals surface area contributed by atoms with Gasteiger partial charge in [0.05, 0.1) is 5.54 Å². The second-order valence-electron chi connectivity index (χ2n) is 6.62. The third-order valence-corrected chi connectivity index (χ3v) is 4.84. The molecule has 128 valence electrons. The molecule has 1 saturated carbocycles. The summed E-state index contributed by atoms with van der Waals surface area (Å²) in [7, 11) is 0. The number of amidine groups is 1. The Morgan fingerprint density at radius 1 is 1.32 bits per heavy atom. The zero-order valence-electron chi connectivity index (χ0n) is 13.7. The van der Waals surface area contributed by atoms with Crippen LogP contribution in [-0.4, -0.2) is 18.0 Å². The van der Waals surface area contributed by atoms with E-state index in [0.29, 0.717) is 16.8 Å². The predicted octanol–water partition coefficient (Wildman–Crippen LogP) is 2.83. The molecule has 1 heterocycles. The molecule has 2 aromatic carbocycles. The van der Waals surface area contributed by atoms with E-state index >= 15 is 0 Å². The molecule has 6 heteroatoms. The first kappa shape index (κ1) is 15.6. The topological polar surface area (TPSA) is 76.7 Å². The second-order valence-corrected chi connectivity index (χ2v) is 6.62. The minimum absolute atomic E-state index is 0.0705. The Bertz CT molecular complexity index is 868. The maximum absolute atomic E-state index is 14.4. The van der Waals surface area contributed by atoms with Crippen LogP contribution in [0.4, 0.5) is 10.1 Å². The van der Waals surface area contributed by atoms with Crippen LogP contribution in [0.25, 0.3) is 0 Å². The lowest BCUT2D eigenvalue weighted by Gasteiger charge is -2.31. The maximum Gasteiger partial charge on any atom is 0.292 e. The van der Waals surface area contributed by atoms with Crippen LogP contribution in [-0.2, 0) is 10.3 Å². The lowest BCUT2D eigenvalue weighted by Crippen LogP contribution is -2.41. The first-order valence-corrected chi connectivity index (χ1v) is 8.16. The van der Waals surface area contributed by atoms with Gasteiger partial charge in [0.2, 0.25) is 0 Å². The third-order valence-electron chi connectivity index (χ3n) is 4.84. The molecule has 0 radical (unpaired) electrons. The number of nitrogens with zero attached hydrogens (tertiary/aromatic N) is 1. The molecule has 1 unspecified atom stereocenters. The number of hydrogen-bond acceptors (Lipinski definition) is 4. The first-order chi connectivity index (χ1) is 12.0. The Morgan fingerprint density at radius 2 is 2.08 bits per heavy atom. The zero-order valence-corrected chi connectivity index (χ0v) is 13.7. The lowest BCUT2D eigenvalue weighted by atomic mass is 9.86. The molecular weight excluding hydrogens is 321 g/mol. The fraction of sp³-hybridized carbons (Fsp3) is 0.263. The number of aliphatic imine (C=N–C) groups is 1. The van der Waals surface area contributed by atoms with Crippen LogP contribution in [0.3, 0.4) is 0 Å². The van der Waals surface area contributed by atoms with Crippen molar-refractivity contribution in [2.75, 3.05) is 5.73 Å². The number of fused-ring (bicyclic) bond motifs is 1. The van der Waals surface area contributed by atoms with E-state index in [1.807, 2.05) is 13.0 Å². The fourth-order valence-electron chi connectivity index (χ4n) is 3.36. The van der Waals surface area contributed by atoms with Crippen molar-refractivity contribution in [2.24, 2.45) is 10.9 Å². The molecule has 25 heavy (non-hydrogen) atoms. The van der Waals surface area contributed by atoms with Crippen LogP contribution in [0, 0.1) is 11.7 Å². The van der Waals surface area contributed by atoms with Crippen LogP contribution in [0.2, 0.25) is 0 Å². The monoisotopic (exact) mass is 339 g/mol. The highest BCUT2D eigenvalue weighted by molar-refractivity contribution is 6.04. The molecule has 2 aliphatic rings. The van der Waals surface area contributed by atoms with E-state index in [0.717, 1.165) is 6.42 Å². The largest absolute Gasteiger partial charge is 0.461 e. The summed E-state index contributed by atoms with van der Waals surface area (Å²) in [4.78, 5) is 16.9. The zero-order chi connectivity index (χ0) is 17.6. The predicted molar refractivity (Wildman–Crippen MR) is 92.5 cm³/mol. The number of nitrogens with two attached hydrogens (primary N) is 1. The molecule has 1 aliphatic heterocycles. The number of ether oxygens (including phenoxy) is 1. The van der Waals surface area contributed by atoms with Crippen molar-refractivity contribution in [3.05, 3.63) is 65.5 Å². The van der Waals surface area contributed by atoms with Crippen LogP contribution in [0.15, 0.2) is 53.5 Å². The Kier molecular flexibility index (Phi) is 3.49.